The monoisotopic (exact) mass is 443 g/mol. The standard InChI is InChI=1S/C24H25N7O2/c1-3-21-17(8-25)12-31(29-21)24-27-9-16(10-28-24)11-30-7-6-26-22(13-30)18-4-5-19-20(15(18)2)14-33-23(19)32/h4-5,9-10,12,22,26H,3,6-7,11,13-14H2,1-2H3. The minimum atomic E-state index is -0.230. The number of nitrogens with one attached hydrogen (secondary N) is 1. The summed E-state index contributed by atoms with van der Waals surface area (Å²) in [6, 6.07) is 6.28. The van der Waals surface area contributed by atoms with Gasteiger partial charge in [-0.15, -0.1) is 0 Å². The van der Waals surface area contributed by atoms with Crippen LogP contribution in [0.1, 0.15) is 56.8 Å². The number of ether oxygens (including phenoxy) is 1. The van der Waals surface area contributed by atoms with Crippen molar-refractivity contribution in [3.05, 3.63) is 69.8 Å². The number of esters is 1. The molecule has 3 aromatic rings. The van der Waals surface area contributed by atoms with E-state index in [1.165, 1.54) is 5.56 Å². The number of rotatable bonds is 5. The van der Waals surface area contributed by atoms with Crippen molar-refractivity contribution >= 4 is 5.97 Å². The number of fused-ring (bicyclic) bond motifs is 1. The van der Waals surface area contributed by atoms with Crippen molar-refractivity contribution in [2.75, 3.05) is 19.6 Å². The molecular formula is C24H25N7O2. The lowest BCUT2D eigenvalue weighted by Gasteiger charge is -2.34. The number of cyclic esters (lactones) is 1. The van der Waals surface area contributed by atoms with E-state index >= 15 is 0 Å². The number of nitriles is 1. The number of carbonyl (C=O) groups is 1. The van der Waals surface area contributed by atoms with Gasteiger partial charge in [0.05, 0.1) is 23.0 Å². The molecule has 33 heavy (non-hydrogen) atoms. The maximum absolute atomic E-state index is 11.8. The lowest BCUT2D eigenvalue weighted by atomic mass is 9.93. The van der Waals surface area contributed by atoms with E-state index in [2.05, 4.69) is 38.3 Å². The maximum atomic E-state index is 11.8. The van der Waals surface area contributed by atoms with Crippen LogP contribution >= 0.6 is 0 Å². The Morgan fingerprint density at radius 2 is 2.12 bits per heavy atom. The average Bonchev–Trinajstić information content (AvgIpc) is 3.44. The van der Waals surface area contributed by atoms with Crippen molar-refractivity contribution < 1.29 is 9.53 Å². The highest BCUT2D eigenvalue weighted by atomic mass is 16.5. The fourth-order valence-corrected chi connectivity index (χ4v) is 4.58. The van der Waals surface area contributed by atoms with Crippen molar-refractivity contribution in [3.8, 4) is 12.0 Å². The van der Waals surface area contributed by atoms with E-state index in [0.717, 1.165) is 48.6 Å². The molecule has 1 saturated heterocycles. The fraction of sp³-hybridized carbons (Fsp3) is 0.375. The van der Waals surface area contributed by atoms with Gasteiger partial charge in [0.25, 0.3) is 0 Å². The summed E-state index contributed by atoms with van der Waals surface area (Å²) in [6.45, 7) is 7.79. The van der Waals surface area contributed by atoms with Crippen LogP contribution < -0.4 is 5.32 Å². The van der Waals surface area contributed by atoms with Gasteiger partial charge in [-0.3, -0.25) is 4.90 Å². The molecular weight excluding hydrogens is 418 g/mol. The van der Waals surface area contributed by atoms with Gasteiger partial charge in [-0.25, -0.2) is 19.4 Å². The van der Waals surface area contributed by atoms with Crippen LogP contribution in [0.25, 0.3) is 5.95 Å². The molecule has 0 spiro atoms. The Kier molecular flexibility index (Phi) is 5.62. The Bertz CT molecular complexity index is 1240. The van der Waals surface area contributed by atoms with Crippen molar-refractivity contribution in [1.82, 2.24) is 30.0 Å². The van der Waals surface area contributed by atoms with E-state index in [0.29, 0.717) is 30.1 Å². The summed E-state index contributed by atoms with van der Waals surface area (Å²) in [6.07, 6.45) is 6.00. The molecule has 2 aliphatic heterocycles. The number of hydrogen-bond acceptors (Lipinski definition) is 8. The highest BCUT2D eigenvalue weighted by Crippen LogP contribution is 2.30. The Balaban J connectivity index is 1.28. The molecule has 9 heteroatoms. The lowest BCUT2D eigenvalue weighted by molar-refractivity contribution is 0.0535. The minimum Gasteiger partial charge on any atom is -0.457 e. The SMILES string of the molecule is CCc1nn(-c2ncc(CN3CCNC(c4ccc5c(c4C)COC5=O)C3)cn2)cc1C#N. The quantitative estimate of drug-likeness (QED) is 0.598. The molecule has 9 nitrogen and oxygen atoms in total. The van der Waals surface area contributed by atoms with Gasteiger partial charge in [-0.2, -0.15) is 10.4 Å². The zero-order valence-electron chi connectivity index (χ0n) is 18.7. The highest BCUT2D eigenvalue weighted by molar-refractivity contribution is 5.94. The van der Waals surface area contributed by atoms with Crippen LogP contribution in [-0.4, -0.2) is 50.3 Å². The van der Waals surface area contributed by atoms with E-state index in [1.807, 2.05) is 31.5 Å². The summed E-state index contributed by atoms with van der Waals surface area (Å²) in [7, 11) is 0. The zero-order chi connectivity index (χ0) is 22.9. The van der Waals surface area contributed by atoms with Gasteiger partial charge >= 0.3 is 5.97 Å². The summed E-state index contributed by atoms with van der Waals surface area (Å²) in [5, 5.41) is 17.3. The number of carbonyl (C=O) groups excluding carboxylic acids is 1. The predicted octanol–water partition coefficient (Wildman–Crippen LogP) is 2.22. The average molecular weight is 444 g/mol. The molecule has 0 radical (unpaired) electrons. The van der Waals surface area contributed by atoms with Crippen molar-refractivity contribution in [2.45, 2.75) is 39.5 Å². The molecule has 5 rings (SSSR count). The van der Waals surface area contributed by atoms with Gasteiger partial charge in [0.2, 0.25) is 5.95 Å². The first-order valence-electron chi connectivity index (χ1n) is 11.1. The van der Waals surface area contributed by atoms with Gasteiger partial charge in [-0.05, 0) is 30.5 Å². The highest BCUT2D eigenvalue weighted by Gasteiger charge is 2.28. The van der Waals surface area contributed by atoms with E-state index in [1.54, 1.807) is 10.9 Å². The summed E-state index contributed by atoms with van der Waals surface area (Å²) in [5.74, 6) is 0.227. The van der Waals surface area contributed by atoms with Crippen LogP contribution in [0, 0.1) is 18.3 Å². The smallest absolute Gasteiger partial charge is 0.338 e. The van der Waals surface area contributed by atoms with Crippen LogP contribution in [0.5, 0.6) is 0 Å². The van der Waals surface area contributed by atoms with E-state index in [-0.39, 0.29) is 12.0 Å². The third-order valence-corrected chi connectivity index (χ3v) is 6.39. The second-order valence-electron chi connectivity index (χ2n) is 8.41. The van der Waals surface area contributed by atoms with E-state index in [4.69, 9.17) is 4.74 Å². The van der Waals surface area contributed by atoms with Crippen LogP contribution in [-0.2, 0) is 24.3 Å². The van der Waals surface area contributed by atoms with E-state index in [9.17, 15) is 10.1 Å². The van der Waals surface area contributed by atoms with Gasteiger partial charge in [0.1, 0.15) is 12.7 Å². The molecule has 1 N–H and O–H groups in total. The number of piperazine rings is 1. The third-order valence-electron chi connectivity index (χ3n) is 6.39. The third kappa shape index (κ3) is 3.99. The van der Waals surface area contributed by atoms with Crippen LogP contribution in [0.3, 0.4) is 0 Å². The number of aryl methyl sites for hydroxylation is 1. The second-order valence-corrected chi connectivity index (χ2v) is 8.41. The molecule has 4 heterocycles. The largest absolute Gasteiger partial charge is 0.457 e. The van der Waals surface area contributed by atoms with Crippen LogP contribution in [0.4, 0.5) is 0 Å². The molecule has 0 saturated carbocycles. The zero-order valence-corrected chi connectivity index (χ0v) is 18.7. The van der Waals surface area contributed by atoms with Crippen LogP contribution in [0.2, 0.25) is 0 Å². The topological polar surface area (TPSA) is 109 Å². The Morgan fingerprint density at radius 3 is 2.85 bits per heavy atom. The van der Waals surface area contributed by atoms with Crippen molar-refractivity contribution in [3.63, 3.8) is 0 Å². The van der Waals surface area contributed by atoms with Crippen LogP contribution in [0.15, 0.2) is 30.7 Å². The number of benzene rings is 1. The molecule has 2 aliphatic rings. The van der Waals surface area contributed by atoms with Crippen molar-refractivity contribution in [2.24, 2.45) is 0 Å². The normalized spacial score (nSPS) is 18.1. The first-order chi connectivity index (χ1) is 16.1. The summed E-state index contributed by atoms with van der Waals surface area (Å²) < 4.78 is 6.77. The molecule has 0 amide bonds. The lowest BCUT2D eigenvalue weighted by Crippen LogP contribution is -2.45. The Labute approximate surface area is 192 Å². The number of aromatic nitrogens is 4. The first-order valence-corrected chi connectivity index (χ1v) is 11.1. The molecule has 1 aromatic carbocycles. The van der Waals surface area contributed by atoms with Gasteiger partial charge in [0, 0.05) is 55.7 Å². The fourth-order valence-electron chi connectivity index (χ4n) is 4.58. The molecule has 1 fully saturated rings. The second kappa shape index (κ2) is 8.73. The summed E-state index contributed by atoms with van der Waals surface area (Å²) in [4.78, 5) is 23.2. The maximum Gasteiger partial charge on any atom is 0.338 e. The molecule has 168 valence electrons. The van der Waals surface area contributed by atoms with Gasteiger partial charge in [-0.1, -0.05) is 13.0 Å². The number of nitrogens with zero attached hydrogens (tertiary/aromatic N) is 6. The number of hydrogen-bond donors (Lipinski definition) is 1. The summed E-state index contributed by atoms with van der Waals surface area (Å²) >= 11 is 0. The van der Waals surface area contributed by atoms with Crippen molar-refractivity contribution in [1.29, 1.82) is 5.26 Å². The molecule has 2 aromatic heterocycles. The molecule has 1 unspecified atom stereocenters. The van der Waals surface area contributed by atoms with E-state index < -0.39 is 0 Å². The molecule has 0 bridgehead atoms. The Hall–Kier alpha value is -3.61. The predicted molar refractivity (Wildman–Crippen MR) is 120 cm³/mol. The molecule has 1 atom stereocenters. The first kappa shape index (κ1) is 21.2. The minimum absolute atomic E-state index is 0.181. The Morgan fingerprint density at radius 1 is 1.30 bits per heavy atom. The van der Waals surface area contributed by atoms with Gasteiger partial charge < -0.3 is 10.1 Å². The molecule has 0 aliphatic carbocycles. The summed E-state index contributed by atoms with van der Waals surface area (Å²) in [5.41, 5.74) is 6.35. The van der Waals surface area contributed by atoms with Gasteiger partial charge in [0.15, 0.2) is 0 Å².